The number of anilines is 1. The van der Waals surface area contributed by atoms with Crippen LogP contribution in [0.25, 0.3) is 0 Å². The van der Waals surface area contributed by atoms with Crippen molar-refractivity contribution in [2.45, 2.75) is 26.8 Å². The molecule has 1 aliphatic heterocycles. The number of hydrogen-bond donors (Lipinski definition) is 0. The molecular weight excluding hydrogens is 252 g/mol. The fourth-order valence-electron chi connectivity index (χ4n) is 2.69. The topological polar surface area (TPSA) is 32.8 Å². The van der Waals surface area contributed by atoms with Gasteiger partial charge in [-0.1, -0.05) is 17.7 Å². The van der Waals surface area contributed by atoms with E-state index in [2.05, 4.69) is 47.9 Å². The van der Waals surface area contributed by atoms with Crippen molar-refractivity contribution in [2.24, 2.45) is 0 Å². The fourth-order valence-corrected chi connectivity index (χ4v) is 2.69. The lowest BCUT2D eigenvalue weighted by atomic mass is 10.1. The maximum absolute atomic E-state index is 11.5. The van der Waals surface area contributed by atoms with Crippen LogP contribution in [0.5, 0.6) is 0 Å². The molecule has 4 heteroatoms. The van der Waals surface area contributed by atoms with Crippen molar-refractivity contribution in [3.05, 3.63) is 29.8 Å². The van der Waals surface area contributed by atoms with Crippen molar-refractivity contribution in [3.8, 4) is 0 Å². The van der Waals surface area contributed by atoms with Gasteiger partial charge in [0.05, 0.1) is 13.2 Å². The summed E-state index contributed by atoms with van der Waals surface area (Å²) in [4.78, 5) is 16.1. The Kier molecular flexibility index (Phi) is 5.01. The van der Waals surface area contributed by atoms with E-state index in [0.29, 0.717) is 19.2 Å². The van der Waals surface area contributed by atoms with Crippen LogP contribution in [0.4, 0.5) is 5.69 Å². The molecule has 0 N–H and O–H groups in total. The highest BCUT2D eigenvalue weighted by molar-refractivity contribution is 5.71. The van der Waals surface area contributed by atoms with Gasteiger partial charge >= 0.3 is 5.97 Å². The van der Waals surface area contributed by atoms with E-state index in [1.807, 2.05) is 6.92 Å². The predicted octanol–water partition coefficient (Wildman–Crippen LogP) is 2.07. The van der Waals surface area contributed by atoms with Crippen molar-refractivity contribution >= 4 is 11.7 Å². The number of benzene rings is 1. The normalized spacial score (nSPS) is 19.9. The molecule has 110 valence electrons. The number of nitrogens with zero attached hydrogens (tertiary/aromatic N) is 2. The molecule has 0 spiro atoms. The Morgan fingerprint density at radius 3 is 2.60 bits per heavy atom. The number of ether oxygens (including phenoxy) is 1. The highest BCUT2D eigenvalue weighted by atomic mass is 16.5. The molecular formula is C16H24N2O2. The molecule has 20 heavy (non-hydrogen) atoms. The number of esters is 1. The molecule has 1 aliphatic rings. The van der Waals surface area contributed by atoms with Gasteiger partial charge in [-0.2, -0.15) is 0 Å². The van der Waals surface area contributed by atoms with Crippen LogP contribution in [0, 0.1) is 6.92 Å². The lowest BCUT2D eigenvalue weighted by molar-refractivity contribution is -0.144. The third kappa shape index (κ3) is 3.73. The summed E-state index contributed by atoms with van der Waals surface area (Å²) < 4.78 is 5.01. The molecule has 1 fully saturated rings. The van der Waals surface area contributed by atoms with Crippen LogP contribution in [0.15, 0.2) is 24.3 Å². The second-order valence-corrected chi connectivity index (χ2v) is 5.42. The SMILES string of the molecule is CCOC(=O)CN1CCN(c2ccc(C)cc2)[C@@H](C)C1. The highest BCUT2D eigenvalue weighted by Crippen LogP contribution is 2.20. The lowest BCUT2D eigenvalue weighted by Gasteiger charge is -2.41. The second-order valence-electron chi connectivity index (χ2n) is 5.42. The number of carbonyl (C=O) groups is 1. The van der Waals surface area contributed by atoms with E-state index >= 15 is 0 Å². The molecule has 0 aliphatic carbocycles. The smallest absolute Gasteiger partial charge is 0.320 e. The minimum Gasteiger partial charge on any atom is -0.465 e. The summed E-state index contributed by atoms with van der Waals surface area (Å²) in [6.07, 6.45) is 0. The van der Waals surface area contributed by atoms with Gasteiger partial charge in [0.15, 0.2) is 0 Å². The van der Waals surface area contributed by atoms with E-state index in [-0.39, 0.29) is 5.97 Å². The summed E-state index contributed by atoms with van der Waals surface area (Å²) in [6, 6.07) is 9.04. The molecule has 4 nitrogen and oxygen atoms in total. The lowest BCUT2D eigenvalue weighted by Crippen LogP contribution is -2.53. The van der Waals surface area contributed by atoms with Crippen LogP contribution < -0.4 is 4.90 Å². The minimum atomic E-state index is -0.122. The highest BCUT2D eigenvalue weighted by Gasteiger charge is 2.25. The maximum Gasteiger partial charge on any atom is 0.320 e. The van der Waals surface area contributed by atoms with Gasteiger partial charge in [0, 0.05) is 31.4 Å². The standard InChI is InChI=1S/C16H24N2O2/c1-4-20-16(19)12-17-9-10-18(14(3)11-17)15-7-5-13(2)6-8-15/h5-8,14H,4,9-12H2,1-3H3/t14-/m0/s1. The number of rotatable bonds is 4. The predicted molar refractivity (Wildman–Crippen MR) is 81.1 cm³/mol. The molecule has 0 radical (unpaired) electrons. The van der Waals surface area contributed by atoms with Crippen molar-refractivity contribution in [1.29, 1.82) is 0 Å². The molecule has 0 unspecified atom stereocenters. The molecule has 1 aromatic carbocycles. The fraction of sp³-hybridized carbons (Fsp3) is 0.562. The number of hydrogen-bond acceptors (Lipinski definition) is 4. The summed E-state index contributed by atoms with van der Waals surface area (Å²) >= 11 is 0. The van der Waals surface area contributed by atoms with Crippen LogP contribution in [0.3, 0.4) is 0 Å². The molecule has 1 heterocycles. The van der Waals surface area contributed by atoms with Crippen LogP contribution in [0.1, 0.15) is 19.4 Å². The summed E-state index contributed by atoms with van der Waals surface area (Å²) in [7, 11) is 0. The zero-order chi connectivity index (χ0) is 14.5. The molecule has 0 bridgehead atoms. The molecule has 2 rings (SSSR count). The Labute approximate surface area is 121 Å². The van der Waals surface area contributed by atoms with Gasteiger partial charge in [-0.15, -0.1) is 0 Å². The molecule has 0 aromatic heterocycles. The van der Waals surface area contributed by atoms with E-state index in [1.54, 1.807) is 0 Å². The maximum atomic E-state index is 11.5. The average Bonchev–Trinajstić information content (AvgIpc) is 2.40. The van der Waals surface area contributed by atoms with Gasteiger partial charge in [0.1, 0.15) is 0 Å². The van der Waals surface area contributed by atoms with Crippen molar-refractivity contribution in [2.75, 3.05) is 37.7 Å². The van der Waals surface area contributed by atoms with Gasteiger partial charge in [-0.3, -0.25) is 9.69 Å². The van der Waals surface area contributed by atoms with Crippen LogP contribution in [-0.2, 0) is 9.53 Å². The van der Waals surface area contributed by atoms with E-state index < -0.39 is 0 Å². The van der Waals surface area contributed by atoms with Crippen LogP contribution >= 0.6 is 0 Å². The third-order valence-corrected chi connectivity index (χ3v) is 3.74. The molecule has 1 atom stereocenters. The van der Waals surface area contributed by atoms with Crippen LogP contribution in [-0.4, -0.2) is 49.7 Å². The quantitative estimate of drug-likeness (QED) is 0.788. The Morgan fingerprint density at radius 1 is 1.30 bits per heavy atom. The first kappa shape index (κ1) is 14.9. The number of piperazine rings is 1. The third-order valence-electron chi connectivity index (χ3n) is 3.74. The minimum absolute atomic E-state index is 0.122. The Balaban J connectivity index is 1.92. The summed E-state index contributed by atoms with van der Waals surface area (Å²) in [6.45, 7) is 9.75. The van der Waals surface area contributed by atoms with Gasteiger partial charge in [-0.25, -0.2) is 0 Å². The van der Waals surface area contributed by atoms with E-state index in [1.165, 1.54) is 11.3 Å². The monoisotopic (exact) mass is 276 g/mol. The first-order valence-corrected chi connectivity index (χ1v) is 7.31. The largest absolute Gasteiger partial charge is 0.465 e. The van der Waals surface area contributed by atoms with Gasteiger partial charge in [0.25, 0.3) is 0 Å². The molecule has 1 saturated heterocycles. The van der Waals surface area contributed by atoms with Gasteiger partial charge in [-0.05, 0) is 32.9 Å². The average molecular weight is 276 g/mol. The number of carbonyl (C=O) groups excluding carboxylic acids is 1. The molecule has 1 aromatic rings. The summed E-state index contributed by atoms with van der Waals surface area (Å²) in [5, 5.41) is 0. The second kappa shape index (κ2) is 6.75. The van der Waals surface area contributed by atoms with E-state index in [9.17, 15) is 4.79 Å². The van der Waals surface area contributed by atoms with Gasteiger partial charge in [0.2, 0.25) is 0 Å². The summed E-state index contributed by atoms with van der Waals surface area (Å²) in [5.41, 5.74) is 2.54. The Bertz CT molecular complexity index is 444. The first-order valence-electron chi connectivity index (χ1n) is 7.31. The summed E-state index contributed by atoms with van der Waals surface area (Å²) in [5.74, 6) is -0.122. The Hall–Kier alpha value is -1.55. The van der Waals surface area contributed by atoms with E-state index in [4.69, 9.17) is 4.74 Å². The Morgan fingerprint density at radius 2 is 2.00 bits per heavy atom. The number of aryl methyl sites for hydroxylation is 1. The van der Waals surface area contributed by atoms with E-state index in [0.717, 1.165) is 19.6 Å². The molecule has 0 saturated carbocycles. The van der Waals surface area contributed by atoms with Crippen molar-refractivity contribution < 1.29 is 9.53 Å². The first-order chi connectivity index (χ1) is 9.60. The van der Waals surface area contributed by atoms with Crippen molar-refractivity contribution in [1.82, 2.24) is 4.90 Å². The van der Waals surface area contributed by atoms with Gasteiger partial charge < -0.3 is 9.64 Å². The zero-order valence-corrected chi connectivity index (χ0v) is 12.6. The van der Waals surface area contributed by atoms with Crippen molar-refractivity contribution in [3.63, 3.8) is 0 Å². The zero-order valence-electron chi connectivity index (χ0n) is 12.6. The van der Waals surface area contributed by atoms with Crippen LogP contribution in [0.2, 0.25) is 0 Å². The molecule has 0 amide bonds.